The molecule has 3 heteroatoms. The van der Waals surface area contributed by atoms with E-state index in [9.17, 15) is 0 Å². The summed E-state index contributed by atoms with van der Waals surface area (Å²) in [5.41, 5.74) is 7.74. The second kappa shape index (κ2) is 4.13. The van der Waals surface area contributed by atoms with Crippen molar-refractivity contribution in [3.63, 3.8) is 0 Å². The molecule has 0 saturated carbocycles. The summed E-state index contributed by atoms with van der Waals surface area (Å²) in [6.07, 6.45) is 5.02. The zero-order valence-electron chi connectivity index (χ0n) is 6.93. The number of imidazole rings is 1. The highest BCUT2D eigenvalue weighted by molar-refractivity contribution is 5.08. The van der Waals surface area contributed by atoms with Crippen LogP contribution in [0.15, 0.2) is 6.33 Å². The highest BCUT2D eigenvalue weighted by atomic mass is 14.9. The second-order valence-electron chi connectivity index (χ2n) is 2.72. The Labute approximate surface area is 67.0 Å². The number of hydrogen-bond acceptors (Lipinski definition) is 2. The van der Waals surface area contributed by atoms with Crippen LogP contribution >= 0.6 is 0 Å². The Morgan fingerprint density at radius 2 is 2.36 bits per heavy atom. The summed E-state index contributed by atoms with van der Waals surface area (Å²) in [5, 5.41) is 0. The van der Waals surface area contributed by atoms with Gasteiger partial charge in [0.05, 0.1) is 12.0 Å². The van der Waals surface area contributed by atoms with Crippen LogP contribution in [0.3, 0.4) is 0 Å². The number of hydrogen-bond donors (Lipinski definition) is 2. The van der Waals surface area contributed by atoms with Crippen molar-refractivity contribution in [1.82, 2.24) is 9.97 Å². The van der Waals surface area contributed by atoms with Crippen molar-refractivity contribution in [2.45, 2.75) is 26.2 Å². The zero-order valence-corrected chi connectivity index (χ0v) is 6.93. The summed E-state index contributed by atoms with van der Waals surface area (Å²) in [4.78, 5) is 7.24. The predicted molar refractivity (Wildman–Crippen MR) is 45.3 cm³/mol. The molecular weight excluding hydrogens is 138 g/mol. The third-order valence-corrected chi connectivity index (χ3v) is 1.80. The van der Waals surface area contributed by atoms with E-state index in [4.69, 9.17) is 5.73 Å². The van der Waals surface area contributed by atoms with Crippen LogP contribution in [0.4, 0.5) is 0 Å². The Balaban J connectivity index is 2.32. The van der Waals surface area contributed by atoms with E-state index in [-0.39, 0.29) is 0 Å². The van der Waals surface area contributed by atoms with E-state index < -0.39 is 0 Å². The molecule has 0 atom stereocenters. The monoisotopic (exact) mass is 153 g/mol. The maximum Gasteiger partial charge on any atom is 0.0925 e. The van der Waals surface area contributed by atoms with Gasteiger partial charge in [0.1, 0.15) is 0 Å². The topological polar surface area (TPSA) is 54.7 Å². The van der Waals surface area contributed by atoms with Crippen LogP contribution in [-0.4, -0.2) is 16.5 Å². The summed E-state index contributed by atoms with van der Waals surface area (Å²) in [5.74, 6) is 0. The largest absolute Gasteiger partial charge is 0.348 e. The maximum atomic E-state index is 5.38. The molecule has 0 aliphatic heterocycles. The number of aromatic nitrogens is 2. The van der Waals surface area contributed by atoms with E-state index in [0.717, 1.165) is 25.8 Å². The number of nitrogens with one attached hydrogen (secondary N) is 1. The minimum atomic E-state index is 0.781. The van der Waals surface area contributed by atoms with Gasteiger partial charge in [-0.05, 0) is 32.7 Å². The highest BCUT2D eigenvalue weighted by Crippen LogP contribution is 2.04. The van der Waals surface area contributed by atoms with Crippen LogP contribution in [-0.2, 0) is 6.42 Å². The predicted octanol–water partition coefficient (Wildman–Crippen LogP) is 1.000. The summed E-state index contributed by atoms with van der Waals surface area (Å²) in [7, 11) is 0. The standard InChI is InChI=1S/C8H15N3/c1-7-8(11-6-10-7)4-2-3-5-9/h6H,2-5,9H2,1H3,(H,10,11). The minimum absolute atomic E-state index is 0.781. The molecule has 1 aromatic heterocycles. The zero-order chi connectivity index (χ0) is 8.10. The fraction of sp³-hybridized carbons (Fsp3) is 0.625. The molecule has 0 aliphatic carbocycles. The van der Waals surface area contributed by atoms with Crippen LogP contribution in [0.1, 0.15) is 24.2 Å². The van der Waals surface area contributed by atoms with Gasteiger partial charge in [0, 0.05) is 5.69 Å². The lowest BCUT2D eigenvalue weighted by molar-refractivity contribution is 0.732. The second-order valence-corrected chi connectivity index (χ2v) is 2.72. The molecule has 1 rings (SSSR count). The SMILES string of the molecule is Cc1[nH]cnc1CCCCN. The molecule has 1 aromatic rings. The normalized spacial score (nSPS) is 10.4. The summed E-state index contributed by atoms with van der Waals surface area (Å²) < 4.78 is 0. The number of rotatable bonds is 4. The third kappa shape index (κ3) is 2.35. The minimum Gasteiger partial charge on any atom is -0.348 e. The van der Waals surface area contributed by atoms with Crippen LogP contribution in [0.25, 0.3) is 0 Å². The molecule has 0 radical (unpaired) electrons. The van der Waals surface area contributed by atoms with Crippen molar-refractivity contribution in [3.8, 4) is 0 Å². The van der Waals surface area contributed by atoms with E-state index in [1.807, 2.05) is 6.92 Å². The number of aromatic amines is 1. The van der Waals surface area contributed by atoms with Crippen molar-refractivity contribution >= 4 is 0 Å². The van der Waals surface area contributed by atoms with E-state index in [0.29, 0.717) is 0 Å². The van der Waals surface area contributed by atoms with Gasteiger partial charge in [-0.3, -0.25) is 0 Å². The Morgan fingerprint density at radius 1 is 1.55 bits per heavy atom. The molecule has 0 fully saturated rings. The maximum absolute atomic E-state index is 5.38. The van der Waals surface area contributed by atoms with Gasteiger partial charge in [-0.2, -0.15) is 0 Å². The number of aryl methyl sites for hydroxylation is 2. The average Bonchev–Trinajstić information content (AvgIpc) is 2.37. The average molecular weight is 153 g/mol. The first kappa shape index (κ1) is 8.27. The molecule has 0 unspecified atom stereocenters. The van der Waals surface area contributed by atoms with E-state index in [2.05, 4.69) is 9.97 Å². The lowest BCUT2D eigenvalue weighted by atomic mass is 10.2. The molecule has 0 amide bonds. The van der Waals surface area contributed by atoms with Gasteiger partial charge in [0.2, 0.25) is 0 Å². The molecular formula is C8H15N3. The highest BCUT2D eigenvalue weighted by Gasteiger charge is 1.98. The van der Waals surface area contributed by atoms with Crippen molar-refractivity contribution in [3.05, 3.63) is 17.7 Å². The summed E-state index contributed by atoms with van der Waals surface area (Å²) >= 11 is 0. The fourth-order valence-corrected chi connectivity index (χ4v) is 1.08. The number of nitrogens with zero attached hydrogens (tertiary/aromatic N) is 1. The molecule has 11 heavy (non-hydrogen) atoms. The van der Waals surface area contributed by atoms with Crippen LogP contribution in [0, 0.1) is 6.92 Å². The molecule has 0 bridgehead atoms. The molecule has 1 heterocycles. The van der Waals surface area contributed by atoms with Gasteiger partial charge in [0.15, 0.2) is 0 Å². The van der Waals surface area contributed by atoms with Gasteiger partial charge < -0.3 is 10.7 Å². The first-order valence-electron chi connectivity index (χ1n) is 4.03. The van der Waals surface area contributed by atoms with Crippen LogP contribution in [0.2, 0.25) is 0 Å². The van der Waals surface area contributed by atoms with Gasteiger partial charge in [-0.1, -0.05) is 0 Å². The Hall–Kier alpha value is -0.830. The fourth-order valence-electron chi connectivity index (χ4n) is 1.08. The van der Waals surface area contributed by atoms with Crippen LogP contribution < -0.4 is 5.73 Å². The van der Waals surface area contributed by atoms with Gasteiger partial charge in [-0.25, -0.2) is 4.98 Å². The summed E-state index contributed by atoms with van der Waals surface area (Å²) in [6.45, 7) is 2.83. The lowest BCUT2D eigenvalue weighted by Gasteiger charge is -1.96. The Morgan fingerprint density at radius 3 is 2.91 bits per heavy atom. The Bertz CT molecular complexity index is 205. The Kier molecular flexibility index (Phi) is 3.11. The van der Waals surface area contributed by atoms with E-state index in [1.54, 1.807) is 6.33 Å². The number of nitrogens with two attached hydrogens (primary N) is 1. The lowest BCUT2D eigenvalue weighted by Crippen LogP contribution is -1.99. The van der Waals surface area contributed by atoms with Gasteiger partial charge in [-0.15, -0.1) is 0 Å². The van der Waals surface area contributed by atoms with Crippen LogP contribution in [0.5, 0.6) is 0 Å². The van der Waals surface area contributed by atoms with Gasteiger partial charge >= 0.3 is 0 Å². The summed E-state index contributed by atoms with van der Waals surface area (Å²) in [6, 6.07) is 0. The van der Waals surface area contributed by atoms with E-state index in [1.165, 1.54) is 11.4 Å². The number of unbranched alkanes of at least 4 members (excludes halogenated alkanes) is 1. The molecule has 3 N–H and O–H groups in total. The molecule has 62 valence electrons. The van der Waals surface area contributed by atoms with Crippen molar-refractivity contribution in [1.29, 1.82) is 0 Å². The molecule has 0 spiro atoms. The van der Waals surface area contributed by atoms with Crippen molar-refractivity contribution in [2.75, 3.05) is 6.54 Å². The molecule has 3 nitrogen and oxygen atoms in total. The third-order valence-electron chi connectivity index (χ3n) is 1.80. The smallest absolute Gasteiger partial charge is 0.0925 e. The van der Waals surface area contributed by atoms with Crippen molar-refractivity contribution < 1.29 is 0 Å². The first-order valence-corrected chi connectivity index (χ1v) is 4.03. The first-order chi connectivity index (χ1) is 5.34. The molecule has 0 saturated heterocycles. The quantitative estimate of drug-likeness (QED) is 0.634. The van der Waals surface area contributed by atoms with Crippen molar-refractivity contribution in [2.24, 2.45) is 5.73 Å². The van der Waals surface area contributed by atoms with Gasteiger partial charge in [0.25, 0.3) is 0 Å². The molecule has 0 aliphatic rings. The molecule has 0 aromatic carbocycles. The van der Waals surface area contributed by atoms with E-state index >= 15 is 0 Å². The number of H-pyrrole nitrogens is 1.